The highest BCUT2D eigenvalue weighted by Crippen LogP contribution is 2.31. The van der Waals surface area contributed by atoms with E-state index in [-0.39, 0.29) is 0 Å². The molecule has 0 saturated heterocycles. The van der Waals surface area contributed by atoms with E-state index in [1.54, 1.807) is 6.07 Å². The largest absolute Gasteiger partial charge is 0.427 e. The van der Waals surface area contributed by atoms with Crippen molar-refractivity contribution in [3.05, 3.63) is 29.8 Å². The van der Waals surface area contributed by atoms with Crippen LogP contribution in [0.25, 0.3) is 0 Å². The van der Waals surface area contributed by atoms with Gasteiger partial charge in [0.05, 0.1) is 25.4 Å². The predicted molar refractivity (Wildman–Crippen MR) is 85.2 cm³/mol. The van der Waals surface area contributed by atoms with Gasteiger partial charge in [-0.3, -0.25) is 0 Å². The molecule has 0 aliphatic carbocycles. The molecule has 128 valence electrons. The van der Waals surface area contributed by atoms with E-state index < -0.39 is 34.0 Å². The molecule has 0 amide bonds. The van der Waals surface area contributed by atoms with E-state index >= 15 is 0 Å². The normalized spacial score (nSPS) is 11.1. The summed E-state index contributed by atoms with van der Waals surface area (Å²) in [7, 11) is -2.31. The van der Waals surface area contributed by atoms with Gasteiger partial charge in [0.1, 0.15) is 5.75 Å². The lowest BCUT2D eigenvalue weighted by Gasteiger charge is -2.20. The van der Waals surface area contributed by atoms with Crippen molar-refractivity contribution in [1.82, 2.24) is 0 Å². The lowest BCUT2D eigenvalue weighted by atomic mass is 10.1. The lowest BCUT2D eigenvalue weighted by molar-refractivity contribution is 0.0697. The summed E-state index contributed by atoms with van der Waals surface area (Å²) in [5.74, 6) is 0.581. The molecule has 0 radical (unpaired) electrons. The maximum Gasteiger partial charge on any atom is 0.391 e. The minimum atomic E-state index is -2.31. The first-order chi connectivity index (χ1) is 10.4. The van der Waals surface area contributed by atoms with Crippen molar-refractivity contribution >= 4 is 8.60 Å². The average molecular weight is 335 g/mol. The van der Waals surface area contributed by atoms with Gasteiger partial charge in [-0.1, -0.05) is 31.5 Å². The zero-order valence-corrected chi connectivity index (χ0v) is 13.6. The SMILES string of the molecule is CCCCc1ccccc1OP(O)O.NC(CO)(CO)CO. The van der Waals surface area contributed by atoms with E-state index in [9.17, 15) is 0 Å². The Hall–Kier alpha value is -0.790. The van der Waals surface area contributed by atoms with Crippen LogP contribution in [0, 0.1) is 0 Å². The molecule has 8 heteroatoms. The molecule has 0 aliphatic rings. The third-order valence-corrected chi connectivity index (χ3v) is 3.26. The van der Waals surface area contributed by atoms with Gasteiger partial charge in [0.25, 0.3) is 0 Å². The van der Waals surface area contributed by atoms with Crippen molar-refractivity contribution in [2.45, 2.75) is 31.7 Å². The van der Waals surface area contributed by atoms with Gasteiger partial charge in [-0.15, -0.1) is 0 Å². The van der Waals surface area contributed by atoms with Crippen molar-refractivity contribution in [3.8, 4) is 5.75 Å². The molecule has 7 N–H and O–H groups in total. The number of nitrogens with two attached hydrogens (primary N) is 1. The highest BCUT2D eigenvalue weighted by atomic mass is 31.2. The van der Waals surface area contributed by atoms with Gasteiger partial charge in [-0.2, -0.15) is 0 Å². The minimum Gasteiger partial charge on any atom is -0.427 e. The molecule has 0 aromatic heterocycles. The number of benzene rings is 1. The number of aryl methyl sites for hydroxylation is 1. The first kappa shape index (κ1) is 21.2. The Labute approximate surface area is 132 Å². The van der Waals surface area contributed by atoms with Crippen LogP contribution in [0.2, 0.25) is 0 Å². The van der Waals surface area contributed by atoms with Gasteiger partial charge in [0.15, 0.2) is 0 Å². The van der Waals surface area contributed by atoms with Crippen molar-refractivity contribution in [2.24, 2.45) is 5.73 Å². The monoisotopic (exact) mass is 335 g/mol. The minimum absolute atomic E-state index is 0.403. The summed E-state index contributed by atoms with van der Waals surface area (Å²) < 4.78 is 4.92. The second-order valence-electron chi connectivity index (χ2n) is 4.89. The fraction of sp³-hybridized carbons (Fsp3) is 0.571. The van der Waals surface area contributed by atoms with E-state index in [1.165, 1.54) is 0 Å². The molecule has 1 aromatic rings. The second-order valence-corrected chi connectivity index (χ2v) is 5.58. The molecule has 0 spiro atoms. The van der Waals surface area contributed by atoms with Gasteiger partial charge >= 0.3 is 8.60 Å². The van der Waals surface area contributed by atoms with Crippen molar-refractivity contribution in [2.75, 3.05) is 19.8 Å². The summed E-state index contributed by atoms with van der Waals surface area (Å²) in [6, 6.07) is 7.45. The molecule has 0 fully saturated rings. The van der Waals surface area contributed by atoms with Crippen LogP contribution in [0.3, 0.4) is 0 Å². The van der Waals surface area contributed by atoms with Gasteiger partial charge in [0, 0.05) is 0 Å². The summed E-state index contributed by atoms with van der Waals surface area (Å²) in [5.41, 5.74) is 4.97. The number of rotatable bonds is 8. The maximum absolute atomic E-state index is 8.75. The molecule has 0 bridgehead atoms. The Kier molecular flexibility index (Phi) is 11.3. The highest BCUT2D eigenvalue weighted by Gasteiger charge is 2.20. The summed E-state index contributed by atoms with van der Waals surface area (Å²) in [6.07, 6.45) is 3.10. The van der Waals surface area contributed by atoms with Crippen LogP contribution in [-0.4, -0.2) is 50.5 Å². The molecule has 1 aromatic carbocycles. The molecular weight excluding hydrogens is 309 g/mol. The Balaban J connectivity index is 0.000000472. The summed E-state index contributed by atoms with van der Waals surface area (Å²) >= 11 is 0. The van der Waals surface area contributed by atoms with Crippen LogP contribution in [0.4, 0.5) is 0 Å². The number of aliphatic hydroxyl groups is 3. The molecule has 0 unspecified atom stereocenters. The van der Waals surface area contributed by atoms with E-state index in [0.29, 0.717) is 5.75 Å². The molecule has 0 aliphatic heterocycles. The van der Waals surface area contributed by atoms with E-state index in [4.69, 9.17) is 35.4 Å². The van der Waals surface area contributed by atoms with Crippen LogP contribution in [0.5, 0.6) is 5.75 Å². The van der Waals surface area contributed by atoms with Gasteiger partial charge in [-0.05, 0) is 24.5 Å². The number of hydrogen-bond donors (Lipinski definition) is 6. The standard InChI is InChI=1S/C10H15O3P.C4H11NO3/c1-2-3-6-9-7-4-5-8-10(9)13-14(11)12;5-4(1-6,2-7)3-8/h4-5,7-8,11-12H,2-3,6H2,1H3;6-8H,1-3,5H2. The lowest BCUT2D eigenvalue weighted by Crippen LogP contribution is -2.50. The van der Waals surface area contributed by atoms with Gasteiger partial charge in [0.2, 0.25) is 0 Å². The zero-order chi connectivity index (χ0) is 17.0. The summed E-state index contributed by atoms with van der Waals surface area (Å²) in [4.78, 5) is 17.5. The third kappa shape index (κ3) is 8.60. The molecule has 1 rings (SSSR count). The van der Waals surface area contributed by atoms with Gasteiger partial charge in [-0.25, -0.2) is 0 Å². The fourth-order valence-electron chi connectivity index (χ4n) is 1.40. The fourth-order valence-corrected chi connectivity index (χ4v) is 1.76. The van der Waals surface area contributed by atoms with Crippen molar-refractivity contribution in [3.63, 3.8) is 0 Å². The molecule has 22 heavy (non-hydrogen) atoms. The average Bonchev–Trinajstić information content (AvgIpc) is 2.53. The first-order valence-electron chi connectivity index (χ1n) is 6.97. The van der Waals surface area contributed by atoms with E-state index in [1.807, 2.05) is 18.2 Å². The van der Waals surface area contributed by atoms with E-state index in [0.717, 1.165) is 24.8 Å². The van der Waals surface area contributed by atoms with Crippen LogP contribution in [-0.2, 0) is 6.42 Å². The third-order valence-electron chi connectivity index (χ3n) is 2.90. The topological polar surface area (TPSA) is 136 Å². The number of aliphatic hydroxyl groups excluding tert-OH is 3. The molecular formula is C14H26NO6P. The Morgan fingerprint density at radius 2 is 1.64 bits per heavy atom. The number of hydrogen-bond acceptors (Lipinski definition) is 7. The second kappa shape index (κ2) is 11.7. The van der Waals surface area contributed by atoms with Crippen LogP contribution < -0.4 is 10.3 Å². The number of para-hydroxylation sites is 1. The maximum atomic E-state index is 8.75. The molecule has 0 atom stereocenters. The Bertz CT molecular complexity index is 392. The van der Waals surface area contributed by atoms with Crippen LogP contribution in [0.1, 0.15) is 25.3 Å². The van der Waals surface area contributed by atoms with Crippen LogP contribution >= 0.6 is 8.60 Å². The Morgan fingerprint density at radius 3 is 2.05 bits per heavy atom. The van der Waals surface area contributed by atoms with Crippen LogP contribution in [0.15, 0.2) is 24.3 Å². The molecule has 0 heterocycles. The van der Waals surface area contributed by atoms with E-state index in [2.05, 4.69) is 6.92 Å². The first-order valence-corrected chi connectivity index (χ1v) is 8.14. The van der Waals surface area contributed by atoms with Crippen molar-refractivity contribution in [1.29, 1.82) is 0 Å². The Morgan fingerprint density at radius 1 is 1.09 bits per heavy atom. The van der Waals surface area contributed by atoms with Crippen molar-refractivity contribution < 1.29 is 29.6 Å². The predicted octanol–water partition coefficient (Wildman–Crippen LogP) is 0.280. The number of unbranched alkanes of at least 4 members (excludes halogenated alkanes) is 1. The summed E-state index contributed by atoms with van der Waals surface area (Å²) in [5, 5.41) is 25.0. The highest BCUT2D eigenvalue weighted by molar-refractivity contribution is 7.39. The van der Waals surface area contributed by atoms with Gasteiger partial charge < -0.3 is 35.4 Å². The smallest absolute Gasteiger partial charge is 0.391 e. The zero-order valence-electron chi connectivity index (χ0n) is 12.7. The molecule has 0 saturated carbocycles. The summed E-state index contributed by atoms with van der Waals surface area (Å²) in [6.45, 7) is 0.911. The molecule has 7 nitrogen and oxygen atoms in total. The quantitative estimate of drug-likeness (QED) is 0.375.